The van der Waals surface area contributed by atoms with Crippen LogP contribution in [-0.4, -0.2) is 43.5 Å². The van der Waals surface area contributed by atoms with Crippen molar-refractivity contribution in [2.24, 2.45) is 0 Å². The fourth-order valence-corrected chi connectivity index (χ4v) is 3.38. The van der Waals surface area contributed by atoms with Crippen molar-refractivity contribution in [1.29, 1.82) is 0 Å². The molecule has 11 heteroatoms. The molecule has 0 atom stereocenters. The Morgan fingerprint density at radius 3 is 2.71 bits per heavy atom. The zero-order valence-electron chi connectivity index (χ0n) is 12.9. The maximum absolute atomic E-state index is 11.8. The molecule has 122 valence electrons. The van der Waals surface area contributed by atoms with Crippen LogP contribution in [0.1, 0.15) is 17.4 Å². The van der Waals surface area contributed by atoms with E-state index in [0.29, 0.717) is 15.2 Å². The third-order valence-corrected chi connectivity index (χ3v) is 4.57. The van der Waals surface area contributed by atoms with Gasteiger partial charge in [-0.3, -0.25) is 4.31 Å². The summed E-state index contributed by atoms with van der Waals surface area (Å²) in [6.45, 7) is 1.40. The van der Waals surface area contributed by atoms with Gasteiger partial charge in [0.15, 0.2) is 10.2 Å². The number of fused-ring (bicyclic) bond motifs is 1. The van der Waals surface area contributed by atoms with E-state index < -0.39 is 28.6 Å². The van der Waals surface area contributed by atoms with Gasteiger partial charge in [0.25, 0.3) is 0 Å². The van der Waals surface area contributed by atoms with Gasteiger partial charge < -0.3 is 24.3 Å². The van der Waals surface area contributed by atoms with Crippen molar-refractivity contribution < 1.29 is 79.2 Å². The van der Waals surface area contributed by atoms with Gasteiger partial charge in [-0.1, -0.05) is 0 Å². The van der Waals surface area contributed by atoms with Crippen LogP contribution in [0.2, 0.25) is 0 Å². The number of hydrogen-bond acceptors (Lipinski definition) is 6. The average molecular weight is 377 g/mol. The Morgan fingerprint density at radius 1 is 1.42 bits per heavy atom. The number of H-pyrrole nitrogens is 1. The number of benzene rings is 1. The summed E-state index contributed by atoms with van der Waals surface area (Å²) in [6, 6.07) is 4.10. The Kier molecular flexibility index (Phi) is 5.62. The van der Waals surface area contributed by atoms with Crippen molar-refractivity contribution in [3.8, 4) is 5.75 Å². The molecular weight excluding hydrogens is 365 g/mol. The van der Waals surface area contributed by atoms with E-state index >= 15 is 0 Å². The Morgan fingerprint density at radius 2 is 2.12 bits per heavy atom. The van der Waals surface area contributed by atoms with Crippen LogP contribution in [0.5, 0.6) is 5.75 Å². The van der Waals surface area contributed by atoms with Crippen LogP contribution in [0, 0.1) is 0 Å². The largest absolute Gasteiger partial charge is 1.00 e. The zero-order chi connectivity index (χ0) is 16.8. The van der Waals surface area contributed by atoms with Crippen LogP contribution in [0.15, 0.2) is 18.2 Å². The Hall–Kier alpha value is -1.11. The first-order valence-corrected chi connectivity index (χ1v) is 8.03. The number of nitrogens with one attached hydrogen (secondary N) is 1. The topological polar surface area (TPSA) is 131 Å². The predicted molar refractivity (Wildman–Crippen MR) is 80.6 cm³/mol. The number of anilines is 1. The van der Waals surface area contributed by atoms with Gasteiger partial charge >= 0.3 is 57.4 Å². The number of carbonyl (C=O) groups excluding carboxylic acids is 2. The number of aromatic hydroxyl groups is 1. The van der Waals surface area contributed by atoms with Crippen LogP contribution in [0.3, 0.4) is 0 Å². The van der Waals surface area contributed by atoms with Crippen LogP contribution >= 0.6 is 0 Å². The quantitative estimate of drug-likeness (QED) is 0.471. The minimum absolute atomic E-state index is 0. The molecule has 0 aliphatic carbocycles. The number of phenols is 1. The Balaban J connectivity index is 0.00000208. The van der Waals surface area contributed by atoms with Crippen LogP contribution in [0.4, 0.5) is 5.69 Å². The number of ether oxygens (including phenoxy) is 1. The van der Waals surface area contributed by atoms with Gasteiger partial charge in [0.2, 0.25) is 0 Å². The third kappa shape index (κ3) is 3.46. The first-order valence-electron chi connectivity index (χ1n) is 6.63. The van der Waals surface area contributed by atoms with E-state index in [1.807, 2.05) is 0 Å². The molecule has 0 bridgehead atoms. The van der Waals surface area contributed by atoms with E-state index in [1.54, 1.807) is 6.92 Å². The molecule has 2 N–H and O–H groups in total. The smallest absolute Gasteiger partial charge is 0.526 e. The maximum Gasteiger partial charge on any atom is 1.00 e. The molecule has 1 fully saturated rings. The molecule has 0 spiro atoms. The number of amides is 1. The van der Waals surface area contributed by atoms with Crippen molar-refractivity contribution in [3.05, 3.63) is 28.6 Å². The number of esters is 1. The summed E-state index contributed by atoms with van der Waals surface area (Å²) in [5.74, 6) is -1.73. The number of hydrogen-bond donors (Lipinski definition) is 2. The normalized spacial score (nSPS) is 15.9. The van der Waals surface area contributed by atoms with Gasteiger partial charge in [-0.2, -0.15) is 0 Å². The first-order chi connectivity index (χ1) is 10.8. The number of phenolic OH excluding ortho intramolecular Hbond substituents is 1. The first kappa shape index (κ1) is 19.2. The molecule has 24 heavy (non-hydrogen) atoms. The Bertz CT molecular complexity index is 923. The molecule has 9 nitrogen and oxygen atoms in total. The minimum Gasteiger partial charge on any atom is -0.526 e. The van der Waals surface area contributed by atoms with Crippen LogP contribution < -0.4 is 55.7 Å². The summed E-state index contributed by atoms with van der Waals surface area (Å²) in [6.07, 6.45) is 0. The number of aromatic amines is 1. The van der Waals surface area contributed by atoms with E-state index in [9.17, 15) is 23.1 Å². The molecule has 1 aromatic carbocycles. The molecule has 1 amide bonds. The maximum atomic E-state index is 11.8. The second-order valence-electron chi connectivity index (χ2n) is 4.80. The summed E-state index contributed by atoms with van der Waals surface area (Å²) in [4.78, 5) is 25.7. The molecule has 1 saturated heterocycles. The predicted octanol–water partition coefficient (Wildman–Crippen LogP) is -1.98. The standard InChI is InChI=1S/C13H13N3O6S.K/c1-2-22-13(19)9-3-7-4-11(17)10(5-8(7)14-9)16-6-12(18)15-23(16,20)21;/h3-5H,2,6H2,1H3,(H3,14,15,17,18,19);/q;+1/p-1. The number of nitrogens with zero attached hydrogens (tertiary/aromatic N) is 2. The number of carbonyl (C=O) groups is 2. The molecule has 0 saturated carbocycles. The molecule has 1 aliphatic rings. The third-order valence-electron chi connectivity index (χ3n) is 3.25. The van der Waals surface area contributed by atoms with E-state index in [-0.39, 0.29) is 75.1 Å². The molecule has 2 aromatic rings. The van der Waals surface area contributed by atoms with E-state index in [2.05, 4.69) is 9.71 Å². The summed E-state index contributed by atoms with van der Waals surface area (Å²) in [5.41, 5.74) is 0.489. The van der Waals surface area contributed by atoms with Gasteiger partial charge in [-0.15, -0.1) is 0 Å². The minimum atomic E-state index is -4.16. The van der Waals surface area contributed by atoms with E-state index in [0.717, 1.165) is 0 Å². The second-order valence-corrected chi connectivity index (χ2v) is 6.32. The van der Waals surface area contributed by atoms with Crippen molar-refractivity contribution in [1.82, 2.24) is 4.98 Å². The van der Waals surface area contributed by atoms with Crippen molar-refractivity contribution >= 4 is 38.7 Å². The van der Waals surface area contributed by atoms with Gasteiger partial charge in [0.1, 0.15) is 11.4 Å². The molecular formula is C13H12KN3O6S. The molecule has 1 aliphatic heterocycles. The molecule has 0 radical (unpaired) electrons. The molecule has 2 heterocycles. The number of aromatic nitrogens is 1. The Labute approximate surface area is 180 Å². The van der Waals surface area contributed by atoms with Gasteiger partial charge in [0.05, 0.1) is 24.7 Å². The van der Waals surface area contributed by atoms with Crippen LogP contribution in [0.25, 0.3) is 15.6 Å². The molecule has 1 aromatic heterocycles. The summed E-state index contributed by atoms with van der Waals surface area (Å²) >= 11 is 0. The summed E-state index contributed by atoms with van der Waals surface area (Å²) in [5, 5.41) is 10.5. The average Bonchev–Trinajstić information content (AvgIpc) is 2.97. The van der Waals surface area contributed by atoms with Gasteiger partial charge in [-0.05, 0) is 25.1 Å². The van der Waals surface area contributed by atoms with Crippen molar-refractivity contribution in [3.63, 3.8) is 0 Å². The van der Waals surface area contributed by atoms with E-state index in [4.69, 9.17) is 4.74 Å². The second kappa shape index (κ2) is 7.02. The van der Waals surface area contributed by atoms with Gasteiger partial charge in [-0.25, -0.2) is 13.2 Å². The SMILES string of the molecule is CCOC(=O)c1cc2cc(O)c(N3CC(=O)[N-]S3(=O)=O)cc2[nH]1.[K+]. The monoisotopic (exact) mass is 377 g/mol. The molecule has 0 unspecified atom stereocenters. The zero-order valence-corrected chi connectivity index (χ0v) is 16.9. The fourth-order valence-electron chi connectivity index (χ4n) is 2.30. The number of rotatable bonds is 3. The van der Waals surface area contributed by atoms with Crippen LogP contribution in [-0.2, 0) is 19.7 Å². The van der Waals surface area contributed by atoms with Crippen molar-refractivity contribution in [2.75, 3.05) is 17.5 Å². The fraction of sp³-hybridized carbons (Fsp3) is 0.231. The summed E-state index contributed by atoms with van der Waals surface area (Å²) in [7, 11) is -4.16. The van der Waals surface area contributed by atoms with E-state index in [1.165, 1.54) is 18.2 Å². The summed E-state index contributed by atoms with van der Waals surface area (Å²) < 4.78 is 32.2. The van der Waals surface area contributed by atoms with Gasteiger partial charge in [0, 0.05) is 10.9 Å². The van der Waals surface area contributed by atoms with Crippen molar-refractivity contribution in [2.45, 2.75) is 6.92 Å². The molecule has 3 rings (SSSR count).